The fourth-order valence-corrected chi connectivity index (χ4v) is 2.39. The Morgan fingerprint density at radius 2 is 1.64 bits per heavy atom. The van der Waals surface area contributed by atoms with Crippen LogP contribution in [0.1, 0.15) is 27.6 Å². The summed E-state index contributed by atoms with van der Waals surface area (Å²) in [7, 11) is 1.55. The van der Waals surface area contributed by atoms with Crippen LogP contribution >= 0.6 is 12.2 Å². The van der Waals surface area contributed by atoms with Crippen LogP contribution in [0.5, 0.6) is 5.75 Å². The van der Waals surface area contributed by atoms with E-state index in [-0.39, 0.29) is 16.9 Å². The number of hydrogen-bond acceptors (Lipinski definition) is 4. The molecule has 2 aromatic carbocycles. The highest BCUT2D eigenvalue weighted by molar-refractivity contribution is 7.80. The number of benzene rings is 2. The molecule has 0 atom stereocenters. The summed E-state index contributed by atoms with van der Waals surface area (Å²) in [6.07, 6.45) is 0. The third-order valence-electron chi connectivity index (χ3n) is 3.31. The topological polar surface area (TPSA) is 79.5 Å². The van der Waals surface area contributed by atoms with E-state index in [0.29, 0.717) is 29.2 Å². The lowest BCUT2D eigenvalue weighted by molar-refractivity contribution is 0.0960. The van der Waals surface area contributed by atoms with Gasteiger partial charge in [-0.3, -0.25) is 14.9 Å². The van der Waals surface area contributed by atoms with Crippen molar-refractivity contribution < 1.29 is 14.3 Å². The van der Waals surface area contributed by atoms with Crippen molar-refractivity contribution >= 4 is 34.8 Å². The second kappa shape index (κ2) is 8.79. The molecule has 0 aromatic heterocycles. The molecular formula is C18H19N3O3S. The van der Waals surface area contributed by atoms with Crippen LogP contribution in [0.25, 0.3) is 0 Å². The van der Waals surface area contributed by atoms with Gasteiger partial charge in [0.05, 0.1) is 23.4 Å². The minimum Gasteiger partial charge on any atom is -0.493 e. The SMILES string of the molecule is CCOc1ccccc1C(=O)NC(=S)Nc1ccccc1C(=O)NC. The molecule has 2 rings (SSSR count). The van der Waals surface area contributed by atoms with E-state index >= 15 is 0 Å². The number of amides is 2. The molecule has 0 aliphatic heterocycles. The van der Waals surface area contributed by atoms with Crippen molar-refractivity contribution in [2.45, 2.75) is 6.92 Å². The maximum Gasteiger partial charge on any atom is 0.261 e. The summed E-state index contributed by atoms with van der Waals surface area (Å²) in [4.78, 5) is 24.3. The zero-order valence-electron chi connectivity index (χ0n) is 14.0. The number of thiocarbonyl (C=S) groups is 1. The fourth-order valence-electron chi connectivity index (χ4n) is 2.18. The third-order valence-corrected chi connectivity index (χ3v) is 3.51. The molecule has 0 aliphatic carbocycles. The number of carbonyl (C=O) groups is 2. The van der Waals surface area contributed by atoms with Gasteiger partial charge in [-0.05, 0) is 43.4 Å². The Hall–Kier alpha value is -2.93. The van der Waals surface area contributed by atoms with Gasteiger partial charge in [0, 0.05) is 7.05 Å². The van der Waals surface area contributed by atoms with Gasteiger partial charge < -0.3 is 15.4 Å². The van der Waals surface area contributed by atoms with Gasteiger partial charge in [-0.1, -0.05) is 24.3 Å². The van der Waals surface area contributed by atoms with Crippen molar-refractivity contribution in [3.63, 3.8) is 0 Å². The summed E-state index contributed by atoms with van der Waals surface area (Å²) in [5.74, 6) is -0.158. The molecule has 0 unspecified atom stereocenters. The number of rotatable bonds is 5. The van der Waals surface area contributed by atoms with Gasteiger partial charge in [-0.15, -0.1) is 0 Å². The standard InChI is InChI=1S/C18H19N3O3S/c1-3-24-15-11-7-5-9-13(15)17(23)21-18(25)20-14-10-6-4-8-12(14)16(22)19-2/h4-11H,3H2,1-2H3,(H,19,22)(H2,20,21,23,25). The molecule has 0 fully saturated rings. The van der Waals surface area contributed by atoms with Gasteiger partial charge in [0.25, 0.3) is 11.8 Å². The van der Waals surface area contributed by atoms with Gasteiger partial charge >= 0.3 is 0 Å². The molecule has 2 amide bonds. The second-order valence-electron chi connectivity index (χ2n) is 4.96. The van der Waals surface area contributed by atoms with E-state index < -0.39 is 0 Å². The van der Waals surface area contributed by atoms with Crippen molar-refractivity contribution in [3.8, 4) is 5.75 Å². The molecule has 0 aliphatic rings. The van der Waals surface area contributed by atoms with E-state index in [1.165, 1.54) is 0 Å². The van der Waals surface area contributed by atoms with Gasteiger partial charge in [0.15, 0.2) is 5.11 Å². The van der Waals surface area contributed by atoms with Crippen molar-refractivity contribution in [2.24, 2.45) is 0 Å². The molecule has 0 bridgehead atoms. The van der Waals surface area contributed by atoms with Gasteiger partial charge in [-0.2, -0.15) is 0 Å². The first-order chi connectivity index (χ1) is 12.1. The van der Waals surface area contributed by atoms with Crippen LogP contribution in [0.4, 0.5) is 5.69 Å². The Bertz CT molecular complexity index is 793. The smallest absolute Gasteiger partial charge is 0.261 e. The van der Waals surface area contributed by atoms with Crippen molar-refractivity contribution in [1.29, 1.82) is 0 Å². The highest BCUT2D eigenvalue weighted by atomic mass is 32.1. The average molecular weight is 357 g/mol. The lowest BCUT2D eigenvalue weighted by atomic mass is 10.1. The average Bonchev–Trinajstić information content (AvgIpc) is 2.62. The van der Waals surface area contributed by atoms with Crippen LogP contribution in [0, 0.1) is 0 Å². The number of para-hydroxylation sites is 2. The molecule has 7 heteroatoms. The predicted molar refractivity (Wildman–Crippen MR) is 101 cm³/mol. The molecule has 2 aromatic rings. The monoisotopic (exact) mass is 357 g/mol. The first-order valence-electron chi connectivity index (χ1n) is 7.72. The molecule has 0 saturated heterocycles. The first kappa shape index (κ1) is 18.4. The fraction of sp³-hybridized carbons (Fsp3) is 0.167. The molecule has 3 N–H and O–H groups in total. The van der Waals surface area contributed by atoms with E-state index in [1.54, 1.807) is 55.6 Å². The van der Waals surface area contributed by atoms with Crippen LogP contribution in [-0.2, 0) is 0 Å². The Kier molecular flexibility index (Phi) is 6.47. The Morgan fingerprint density at radius 3 is 2.32 bits per heavy atom. The van der Waals surface area contributed by atoms with E-state index in [4.69, 9.17) is 17.0 Å². The minimum atomic E-state index is -0.390. The number of ether oxygens (including phenoxy) is 1. The van der Waals surface area contributed by atoms with Crippen LogP contribution < -0.4 is 20.7 Å². The summed E-state index contributed by atoms with van der Waals surface area (Å²) >= 11 is 5.19. The minimum absolute atomic E-state index is 0.0904. The third kappa shape index (κ3) is 4.77. The highest BCUT2D eigenvalue weighted by Crippen LogP contribution is 2.18. The van der Waals surface area contributed by atoms with Crippen molar-refractivity contribution in [1.82, 2.24) is 10.6 Å². The normalized spacial score (nSPS) is 9.84. The molecule has 130 valence electrons. The van der Waals surface area contributed by atoms with E-state index in [1.807, 2.05) is 6.92 Å². The maximum atomic E-state index is 12.4. The van der Waals surface area contributed by atoms with E-state index in [9.17, 15) is 9.59 Å². The number of hydrogen-bond donors (Lipinski definition) is 3. The van der Waals surface area contributed by atoms with Gasteiger partial charge in [0.1, 0.15) is 5.75 Å². The van der Waals surface area contributed by atoms with Crippen LogP contribution in [0.3, 0.4) is 0 Å². The maximum absolute atomic E-state index is 12.4. The van der Waals surface area contributed by atoms with Crippen LogP contribution in [0.2, 0.25) is 0 Å². The Morgan fingerprint density at radius 1 is 1.00 bits per heavy atom. The zero-order chi connectivity index (χ0) is 18.2. The zero-order valence-corrected chi connectivity index (χ0v) is 14.8. The van der Waals surface area contributed by atoms with Gasteiger partial charge in [-0.25, -0.2) is 0 Å². The number of anilines is 1. The Labute approximate surface area is 151 Å². The second-order valence-corrected chi connectivity index (χ2v) is 5.37. The summed E-state index contributed by atoms with van der Waals surface area (Å²) in [5, 5.41) is 8.12. The lowest BCUT2D eigenvalue weighted by Crippen LogP contribution is -2.35. The largest absolute Gasteiger partial charge is 0.493 e. The number of carbonyl (C=O) groups excluding carboxylic acids is 2. The highest BCUT2D eigenvalue weighted by Gasteiger charge is 2.15. The molecule has 0 spiro atoms. The Balaban J connectivity index is 2.11. The van der Waals surface area contributed by atoms with E-state index in [2.05, 4.69) is 16.0 Å². The summed E-state index contributed by atoms with van der Waals surface area (Å²) in [6, 6.07) is 13.8. The summed E-state index contributed by atoms with van der Waals surface area (Å²) < 4.78 is 5.45. The van der Waals surface area contributed by atoms with Crippen LogP contribution in [0.15, 0.2) is 48.5 Å². The van der Waals surface area contributed by atoms with Crippen LogP contribution in [-0.4, -0.2) is 30.6 Å². The molecule has 0 saturated carbocycles. The summed E-state index contributed by atoms with van der Waals surface area (Å²) in [6.45, 7) is 2.29. The quantitative estimate of drug-likeness (QED) is 0.717. The molecule has 6 nitrogen and oxygen atoms in total. The summed E-state index contributed by atoms with van der Waals surface area (Å²) in [5.41, 5.74) is 1.31. The molecular weight excluding hydrogens is 338 g/mol. The van der Waals surface area contributed by atoms with Crippen molar-refractivity contribution in [3.05, 3.63) is 59.7 Å². The molecule has 25 heavy (non-hydrogen) atoms. The van der Waals surface area contributed by atoms with Gasteiger partial charge in [0.2, 0.25) is 0 Å². The first-order valence-corrected chi connectivity index (χ1v) is 8.13. The predicted octanol–water partition coefficient (Wildman–Crippen LogP) is 2.57. The molecule has 0 radical (unpaired) electrons. The number of nitrogens with one attached hydrogen (secondary N) is 3. The van der Waals surface area contributed by atoms with Crippen molar-refractivity contribution in [2.75, 3.05) is 19.0 Å². The lowest BCUT2D eigenvalue weighted by Gasteiger charge is -2.14. The molecule has 0 heterocycles. The van der Waals surface area contributed by atoms with E-state index in [0.717, 1.165) is 0 Å².